The second-order valence-electron chi connectivity index (χ2n) is 10.2. The summed E-state index contributed by atoms with van der Waals surface area (Å²) < 4.78 is 49.2. The molecule has 0 saturated carbocycles. The van der Waals surface area contributed by atoms with Crippen molar-refractivity contribution in [1.29, 1.82) is 0 Å². The molecule has 222 valence electrons. The van der Waals surface area contributed by atoms with E-state index in [0.29, 0.717) is 53.8 Å². The van der Waals surface area contributed by atoms with Crippen LogP contribution < -0.4 is 9.21 Å². The quantitative estimate of drug-likeness (QED) is 0.260. The van der Waals surface area contributed by atoms with Crippen LogP contribution in [0.5, 0.6) is 0 Å². The fourth-order valence-corrected chi connectivity index (χ4v) is 7.93. The molecular weight excluding hydrogens is 599 g/mol. The van der Waals surface area contributed by atoms with Gasteiger partial charge in [0, 0.05) is 38.3 Å². The first kappa shape index (κ1) is 30.4. The molecule has 3 aromatic carbocycles. The molecular formula is C30H32ClFN4O4S2. The van der Waals surface area contributed by atoms with Crippen LogP contribution in [-0.2, 0) is 21.2 Å². The summed E-state index contributed by atoms with van der Waals surface area (Å²) in [4.78, 5) is 22.3. The van der Waals surface area contributed by atoms with Crippen LogP contribution in [0.25, 0.3) is 10.2 Å². The second kappa shape index (κ2) is 13.0. The minimum absolute atomic E-state index is 0. The molecule has 8 nitrogen and oxygen atoms in total. The number of hydrogen-bond acceptors (Lipinski definition) is 7. The average Bonchev–Trinajstić information content (AvgIpc) is 3.45. The number of aromatic nitrogens is 1. The molecule has 3 heterocycles. The molecule has 1 saturated heterocycles. The first-order valence-corrected chi connectivity index (χ1v) is 16.1. The molecule has 0 aliphatic carbocycles. The molecule has 2 aliphatic rings. The third-order valence-electron chi connectivity index (χ3n) is 7.55. The predicted octanol–water partition coefficient (Wildman–Crippen LogP) is 5.37. The van der Waals surface area contributed by atoms with Crippen molar-refractivity contribution in [3.63, 3.8) is 0 Å². The van der Waals surface area contributed by atoms with Crippen molar-refractivity contribution in [1.82, 2.24) is 9.88 Å². The highest BCUT2D eigenvalue weighted by atomic mass is 35.5. The largest absolute Gasteiger partial charge is 0.379 e. The summed E-state index contributed by atoms with van der Waals surface area (Å²) in [5.41, 5.74) is 2.29. The number of aryl methyl sites for hydroxylation is 1. The van der Waals surface area contributed by atoms with Gasteiger partial charge in [0.15, 0.2) is 5.13 Å². The number of anilines is 2. The Kier molecular flexibility index (Phi) is 9.44. The maximum atomic E-state index is 14.4. The Bertz CT molecular complexity index is 1660. The van der Waals surface area contributed by atoms with E-state index in [1.807, 2.05) is 24.3 Å². The van der Waals surface area contributed by atoms with E-state index in [9.17, 15) is 17.6 Å². The average molecular weight is 631 g/mol. The van der Waals surface area contributed by atoms with Crippen molar-refractivity contribution in [2.45, 2.75) is 24.2 Å². The Balaban J connectivity index is 0.00000353. The minimum atomic E-state index is -3.80. The van der Waals surface area contributed by atoms with E-state index in [1.165, 1.54) is 33.8 Å². The lowest BCUT2D eigenvalue weighted by molar-refractivity contribution is 0.0376. The topological polar surface area (TPSA) is 83.1 Å². The smallest absolute Gasteiger partial charge is 0.264 e. The number of morpholine rings is 1. The molecule has 1 amide bonds. The van der Waals surface area contributed by atoms with Gasteiger partial charge in [-0.05, 0) is 67.3 Å². The van der Waals surface area contributed by atoms with Gasteiger partial charge in [-0.3, -0.25) is 18.9 Å². The number of rotatable bonds is 8. The number of fused-ring (bicyclic) bond motifs is 2. The molecule has 2 aliphatic heterocycles. The highest BCUT2D eigenvalue weighted by Crippen LogP contribution is 2.33. The number of carbonyl (C=O) groups is 1. The number of carbonyl (C=O) groups excluding carboxylic acids is 1. The van der Waals surface area contributed by atoms with Gasteiger partial charge >= 0.3 is 0 Å². The molecule has 4 aromatic rings. The van der Waals surface area contributed by atoms with Crippen LogP contribution in [0.1, 0.15) is 28.8 Å². The van der Waals surface area contributed by atoms with Crippen molar-refractivity contribution in [3.05, 3.63) is 83.7 Å². The van der Waals surface area contributed by atoms with Gasteiger partial charge in [-0.2, -0.15) is 0 Å². The van der Waals surface area contributed by atoms with Gasteiger partial charge in [0.2, 0.25) is 0 Å². The standard InChI is InChI=1S/C30H31FN4O4S2.ClH/c31-25-8-3-10-27-28(25)32-30(40-27)34(16-5-15-33-18-20-39-21-19-33)29(36)23-11-13-24(14-12-23)41(37,38)35-17-4-7-22-6-1-2-9-26(22)35;/h1-3,6,8-14H,4-5,7,15-21H2;1H. The Morgan fingerprint density at radius 2 is 1.76 bits per heavy atom. The maximum Gasteiger partial charge on any atom is 0.264 e. The molecule has 1 fully saturated rings. The number of amides is 1. The number of thiazole rings is 1. The van der Waals surface area contributed by atoms with Gasteiger partial charge in [0.05, 0.1) is 28.5 Å². The zero-order valence-corrected chi connectivity index (χ0v) is 25.4. The first-order chi connectivity index (χ1) is 19.9. The van der Waals surface area contributed by atoms with Crippen molar-refractivity contribution >= 4 is 60.7 Å². The van der Waals surface area contributed by atoms with Crippen molar-refractivity contribution in [2.24, 2.45) is 0 Å². The first-order valence-electron chi connectivity index (χ1n) is 13.8. The molecule has 0 unspecified atom stereocenters. The summed E-state index contributed by atoms with van der Waals surface area (Å²) >= 11 is 1.27. The molecule has 0 radical (unpaired) electrons. The molecule has 42 heavy (non-hydrogen) atoms. The predicted molar refractivity (Wildman–Crippen MR) is 166 cm³/mol. The number of halogens is 2. The van der Waals surface area contributed by atoms with E-state index in [4.69, 9.17) is 4.74 Å². The van der Waals surface area contributed by atoms with Crippen molar-refractivity contribution in [3.8, 4) is 0 Å². The summed E-state index contributed by atoms with van der Waals surface area (Å²) in [6.07, 6.45) is 2.28. The number of ether oxygens (including phenoxy) is 1. The summed E-state index contributed by atoms with van der Waals surface area (Å²) in [5, 5.41) is 0.415. The zero-order valence-electron chi connectivity index (χ0n) is 22.9. The molecule has 0 spiro atoms. The molecule has 1 aromatic heterocycles. The Morgan fingerprint density at radius 1 is 1.00 bits per heavy atom. The van der Waals surface area contributed by atoms with Crippen LogP contribution in [0.4, 0.5) is 15.2 Å². The van der Waals surface area contributed by atoms with E-state index in [-0.39, 0.29) is 28.7 Å². The fraction of sp³-hybridized carbons (Fsp3) is 0.333. The summed E-state index contributed by atoms with van der Waals surface area (Å²) in [6, 6.07) is 18.4. The fourth-order valence-electron chi connectivity index (χ4n) is 5.38. The molecule has 0 N–H and O–H groups in total. The second-order valence-corrected chi connectivity index (χ2v) is 13.1. The normalized spacial score (nSPS) is 15.7. The lowest BCUT2D eigenvalue weighted by atomic mass is 10.0. The van der Waals surface area contributed by atoms with Gasteiger partial charge in [-0.25, -0.2) is 17.8 Å². The van der Waals surface area contributed by atoms with E-state index >= 15 is 0 Å². The third-order valence-corrected chi connectivity index (χ3v) is 10.4. The van der Waals surface area contributed by atoms with Crippen molar-refractivity contribution in [2.75, 3.05) is 55.1 Å². The Labute approximate surface area is 255 Å². The molecule has 0 atom stereocenters. The van der Waals surface area contributed by atoms with Gasteiger partial charge in [0.25, 0.3) is 15.9 Å². The van der Waals surface area contributed by atoms with E-state index < -0.39 is 15.8 Å². The van der Waals surface area contributed by atoms with Crippen LogP contribution in [-0.4, -0.2) is 70.1 Å². The number of sulfonamides is 1. The van der Waals surface area contributed by atoms with Crippen LogP contribution in [0.3, 0.4) is 0 Å². The Hall–Kier alpha value is -3.09. The number of nitrogens with zero attached hydrogens (tertiary/aromatic N) is 4. The van der Waals surface area contributed by atoms with Crippen LogP contribution in [0.15, 0.2) is 71.6 Å². The molecule has 12 heteroatoms. The van der Waals surface area contributed by atoms with Gasteiger partial charge < -0.3 is 4.74 Å². The van der Waals surface area contributed by atoms with Crippen LogP contribution >= 0.6 is 23.7 Å². The van der Waals surface area contributed by atoms with Gasteiger partial charge in [-0.1, -0.05) is 35.6 Å². The summed E-state index contributed by atoms with van der Waals surface area (Å²) in [7, 11) is -3.80. The molecule has 6 rings (SSSR count). The van der Waals surface area contributed by atoms with Gasteiger partial charge in [-0.15, -0.1) is 12.4 Å². The van der Waals surface area contributed by atoms with Crippen molar-refractivity contribution < 1.29 is 22.3 Å². The monoisotopic (exact) mass is 630 g/mol. The highest BCUT2D eigenvalue weighted by molar-refractivity contribution is 7.92. The number of para-hydroxylation sites is 2. The third kappa shape index (κ3) is 6.16. The number of hydrogen-bond donors (Lipinski definition) is 0. The maximum absolute atomic E-state index is 14.4. The van der Waals surface area contributed by atoms with E-state index in [0.717, 1.165) is 38.0 Å². The van der Waals surface area contributed by atoms with E-state index in [2.05, 4.69) is 9.88 Å². The SMILES string of the molecule is Cl.O=C(c1ccc(S(=O)(=O)N2CCCc3ccccc32)cc1)N(CCCN1CCOCC1)c1nc2c(F)cccc2s1. The lowest BCUT2D eigenvalue weighted by Gasteiger charge is -2.30. The molecule has 0 bridgehead atoms. The van der Waals surface area contributed by atoms with E-state index in [1.54, 1.807) is 29.2 Å². The van der Waals surface area contributed by atoms with Gasteiger partial charge in [0.1, 0.15) is 11.3 Å². The number of benzene rings is 3. The van der Waals surface area contributed by atoms with Crippen LogP contribution in [0, 0.1) is 5.82 Å². The summed E-state index contributed by atoms with van der Waals surface area (Å²) in [6.45, 7) is 4.67. The van der Waals surface area contributed by atoms with Crippen LogP contribution in [0.2, 0.25) is 0 Å². The highest BCUT2D eigenvalue weighted by Gasteiger charge is 2.29. The Morgan fingerprint density at radius 3 is 2.52 bits per heavy atom. The lowest BCUT2D eigenvalue weighted by Crippen LogP contribution is -2.39. The zero-order chi connectivity index (χ0) is 28.4. The summed E-state index contributed by atoms with van der Waals surface area (Å²) in [5.74, 6) is -0.738. The minimum Gasteiger partial charge on any atom is -0.379 e.